The average Bonchev–Trinajstić information content (AvgIpc) is 2.51. The zero-order chi connectivity index (χ0) is 17.6. The highest BCUT2D eigenvalue weighted by Crippen LogP contribution is 2.21. The van der Waals surface area contributed by atoms with E-state index in [1.807, 2.05) is 6.92 Å². The van der Waals surface area contributed by atoms with Crippen molar-refractivity contribution in [2.45, 2.75) is 63.4 Å². The second-order valence-electron chi connectivity index (χ2n) is 5.57. The fourth-order valence-corrected chi connectivity index (χ4v) is 2.17. The average molecular weight is 336 g/mol. The molecule has 1 aliphatic heterocycles. The van der Waals surface area contributed by atoms with Crippen LogP contribution in [-0.4, -0.2) is 76.9 Å². The van der Waals surface area contributed by atoms with E-state index in [4.69, 9.17) is 4.74 Å². The van der Waals surface area contributed by atoms with Crippen LogP contribution in [0.4, 0.5) is 4.39 Å². The Labute approximate surface area is 134 Å². The third-order valence-electron chi connectivity index (χ3n) is 3.64. The van der Waals surface area contributed by atoms with Crippen LogP contribution < -0.4 is 10.6 Å². The molecule has 134 valence electrons. The topological polar surface area (TPSA) is 128 Å². The van der Waals surface area contributed by atoms with E-state index in [0.29, 0.717) is 6.54 Å². The zero-order valence-electron chi connectivity index (χ0n) is 13.2. The van der Waals surface area contributed by atoms with Gasteiger partial charge < -0.3 is 30.7 Å². The van der Waals surface area contributed by atoms with Crippen molar-refractivity contribution >= 4 is 11.8 Å². The Morgan fingerprint density at radius 3 is 2.39 bits per heavy atom. The van der Waals surface area contributed by atoms with Crippen LogP contribution in [0.2, 0.25) is 0 Å². The minimum Gasteiger partial charge on any atom is -0.388 e. The maximum absolute atomic E-state index is 12.8. The van der Waals surface area contributed by atoms with E-state index in [1.165, 1.54) is 0 Å². The summed E-state index contributed by atoms with van der Waals surface area (Å²) >= 11 is 0. The summed E-state index contributed by atoms with van der Waals surface area (Å²) < 4.78 is 18.1. The number of carbonyl (C=O) groups excluding carboxylic acids is 2. The molecule has 1 saturated heterocycles. The van der Waals surface area contributed by atoms with Crippen molar-refractivity contribution in [1.82, 2.24) is 10.6 Å². The SMILES string of the molecule is CCCCNC(=O)C1O[C@H](CNC(=O)[C@H](C)F)C(O)C(O)[C@@H]1O. The first-order valence-electron chi connectivity index (χ1n) is 7.68. The van der Waals surface area contributed by atoms with Gasteiger partial charge in [-0.3, -0.25) is 9.59 Å². The molecule has 1 fully saturated rings. The number of ether oxygens (including phenoxy) is 1. The summed E-state index contributed by atoms with van der Waals surface area (Å²) in [7, 11) is 0. The van der Waals surface area contributed by atoms with E-state index in [2.05, 4.69) is 10.6 Å². The Bertz CT molecular complexity index is 409. The van der Waals surface area contributed by atoms with Gasteiger partial charge in [-0.15, -0.1) is 0 Å². The molecule has 1 rings (SSSR count). The molecule has 3 unspecified atom stereocenters. The van der Waals surface area contributed by atoms with Crippen LogP contribution in [-0.2, 0) is 14.3 Å². The maximum atomic E-state index is 12.8. The number of nitrogens with one attached hydrogen (secondary N) is 2. The minimum absolute atomic E-state index is 0.295. The minimum atomic E-state index is -1.74. The van der Waals surface area contributed by atoms with Gasteiger partial charge in [0, 0.05) is 13.1 Å². The molecule has 6 atom stereocenters. The molecule has 0 aliphatic carbocycles. The van der Waals surface area contributed by atoms with Gasteiger partial charge in [0.1, 0.15) is 24.4 Å². The Morgan fingerprint density at radius 1 is 1.17 bits per heavy atom. The van der Waals surface area contributed by atoms with Crippen LogP contribution in [0.25, 0.3) is 0 Å². The van der Waals surface area contributed by atoms with Crippen LogP contribution in [0.5, 0.6) is 0 Å². The molecule has 8 nitrogen and oxygen atoms in total. The summed E-state index contributed by atoms with van der Waals surface area (Å²) in [6.45, 7) is 3.09. The third kappa shape index (κ3) is 5.38. The fourth-order valence-electron chi connectivity index (χ4n) is 2.17. The number of aliphatic hydroxyl groups is 3. The van der Waals surface area contributed by atoms with E-state index >= 15 is 0 Å². The summed E-state index contributed by atoms with van der Waals surface area (Å²) in [5.41, 5.74) is 0. The second kappa shape index (κ2) is 9.11. The monoisotopic (exact) mass is 336 g/mol. The number of hydrogen-bond donors (Lipinski definition) is 5. The van der Waals surface area contributed by atoms with Crippen molar-refractivity contribution in [3.63, 3.8) is 0 Å². The van der Waals surface area contributed by atoms with Crippen LogP contribution >= 0.6 is 0 Å². The first-order chi connectivity index (χ1) is 10.8. The van der Waals surface area contributed by atoms with Crippen LogP contribution in [0.3, 0.4) is 0 Å². The lowest BCUT2D eigenvalue weighted by Gasteiger charge is -2.40. The molecular formula is C14H25FN2O6. The first-order valence-corrected chi connectivity index (χ1v) is 7.68. The van der Waals surface area contributed by atoms with Gasteiger partial charge in [0.05, 0.1) is 0 Å². The number of amides is 2. The second-order valence-corrected chi connectivity index (χ2v) is 5.57. The lowest BCUT2D eigenvalue weighted by molar-refractivity contribution is -0.219. The van der Waals surface area contributed by atoms with Crippen molar-refractivity contribution in [3.05, 3.63) is 0 Å². The molecule has 0 saturated carbocycles. The van der Waals surface area contributed by atoms with Crippen molar-refractivity contribution in [3.8, 4) is 0 Å². The summed E-state index contributed by atoms with van der Waals surface area (Å²) in [5, 5.41) is 34.3. The summed E-state index contributed by atoms with van der Waals surface area (Å²) in [5.74, 6) is -1.52. The Balaban J connectivity index is 2.66. The van der Waals surface area contributed by atoms with Crippen molar-refractivity contribution in [2.24, 2.45) is 0 Å². The molecule has 0 aromatic rings. The quantitative estimate of drug-likeness (QED) is 0.350. The van der Waals surface area contributed by atoms with Gasteiger partial charge in [0.2, 0.25) is 0 Å². The summed E-state index contributed by atoms with van der Waals surface area (Å²) in [4.78, 5) is 23.2. The largest absolute Gasteiger partial charge is 0.388 e. The van der Waals surface area contributed by atoms with Gasteiger partial charge in [-0.25, -0.2) is 4.39 Å². The van der Waals surface area contributed by atoms with Gasteiger partial charge >= 0.3 is 0 Å². The predicted molar refractivity (Wildman–Crippen MR) is 78.2 cm³/mol. The number of carbonyl (C=O) groups is 2. The number of alkyl halides is 1. The number of unbranched alkanes of at least 4 members (excludes halogenated alkanes) is 1. The highest BCUT2D eigenvalue weighted by Gasteiger charge is 2.46. The van der Waals surface area contributed by atoms with Gasteiger partial charge in [-0.2, -0.15) is 0 Å². The first kappa shape index (κ1) is 19.8. The predicted octanol–water partition coefficient (Wildman–Crippen LogP) is -1.77. The standard InChI is InChI=1S/C14H25FN2O6/c1-3-4-5-16-14(22)12-11(20)10(19)9(18)8(23-12)6-17-13(21)7(2)15/h7-12,18-20H,3-6H2,1-2H3,(H,16,22)(H,17,21)/t7-,8+,9?,10?,11-,12?/m0/s1. The number of halogens is 1. The molecule has 23 heavy (non-hydrogen) atoms. The number of rotatable bonds is 7. The Kier molecular flexibility index (Phi) is 7.83. The van der Waals surface area contributed by atoms with Crippen molar-refractivity contribution in [2.75, 3.05) is 13.1 Å². The molecule has 1 heterocycles. The molecule has 1 aliphatic rings. The van der Waals surface area contributed by atoms with E-state index in [9.17, 15) is 29.3 Å². The molecule has 0 spiro atoms. The van der Waals surface area contributed by atoms with E-state index in [-0.39, 0.29) is 6.54 Å². The zero-order valence-corrected chi connectivity index (χ0v) is 13.2. The van der Waals surface area contributed by atoms with Gasteiger partial charge in [-0.05, 0) is 13.3 Å². The van der Waals surface area contributed by atoms with Crippen LogP contribution in [0.15, 0.2) is 0 Å². The molecule has 0 bridgehead atoms. The molecule has 0 aromatic carbocycles. The van der Waals surface area contributed by atoms with E-state index < -0.39 is 48.5 Å². The van der Waals surface area contributed by atoms with Crippen molar-refractivity contribution < 1.29 is 34.0 Å². The van der Waals surface area contributed by atoms with Gasteiger partial charge in [0.15, 0.2) is 12.3 Å². The smallest absolute Gasteiger partial charge is 0.254 e. The van der Waals surface area contributed by atoms with Crippen LogP contribution in [0.1, 0.15) is 26.7 Å². The number of aliphatic hydroxyl groups excluding tert-OH is 3. The van der Waals surface area contributed by atoms with E-state index in [1.54, 1.807) is 0 Å². The van der Waals surface area contributed by atoms with Gasteiger partial charge in [-0.1, -0.05) is 13.3 Å². The molecule has 0 aromatic heterocycles. The summed E-state index contributed by atoms with van der Waals surface area (Å²) in [6.07, 6.45) is -7.37. The molecule has 5 N–H and O–H groups in total. The molecular weight excluding hydrogens is 311 g/mol. The maximum Gasteiger partial charge on any atom is 0.254 e. The Hall–Kier alpha value is -1.29. The normalized spacial score (nSPS) is 32.2. The molecule has 0 radical (unpaired) electrons. The van der Waals surface area contributed by atoms with Crippen molar-refractivity contribution in [1.29, 1.82) is 0 Å². The number of hydrogen-bond acceptors (Lipinski definition) is 6. The van der Waals surface area contributed by atoms with Crippen LogP contribution in [0, 0.1) is 0 Å². The summed E-state index contributed by atoms with van der Waals surface area (Å²) in [6, 6.07) is 0. The highest BCUT2D eigenvalue weighted by molar-refractivity contribution is 5.82. The molecule has 9 heteroatoms. The third-order valence-corrected chi connectivity index (χ3v) is 3.64. The van der Waals surface area contributed by atoms with E-state index in [0.717, 1.165) is 19.8 Å². The Morgan fingerprint density at radius 2 is 1.83 bits per heavy atom. The van der Waals surface area contributed by atoms with Gasteiger partial charge in [0.25, 0.3) is 11.8 Å². The lowest BCUT2D eigenvalue weighted by atomic mass is 9.94. The fraction of sp³-hybridized carbons (Fsp3) is 0.857. The lowest BCUT2D eigenvalue weighted by Crippen LogP contribution is -2.63. The highest BCUT2D eigenvalue weighted by atomic mass is 19.1. The molecule has 2 amide bonds.